The molecule has 0 aliphatic rings. The van der Waals surface area contributed by atoms with Crippen molar-refractivity contribution >= 4 is 28.3 Å². The summed E-state index contributed by atoms with van der Waals surface area (Å²) in [6.07, 6.45) is 1.83. The zero-order chi connectivity index (χ0) is 14.9. The molecule has 108 valence electrons. The van der Waals surface area contributed by atoms with Crippen LogP contribution < -0.4 is 10.7 Å². The van der Waals surface area contributed by atoms with Gasteiger partial charge in [-0.15, -0.1) is 6.58 Å². The van der Waals surface area contributed by atoms with Crippen molar-refractivity contribution in [1.29, 1.82) is 0 Å². The first-order chi connectivity index (χ1) is 10.3. The lowest BCUT2D eigenvalue weighted by atomic mass is 10.0. The second-order valence-corrected chi connectivity index (χ2v) is 5.63. The molecule has 0 radical (unpaired) electrons. The van der Waals surface area contributed by atoms with Crippen molar-refractivity contribution in [2.24, 2.45) is 5.10 Å². The Balaban J connectivity index is 2.22. The van der Waals surface area contributed by atoms with Gasteiger partial charge in [0.2, 0.25) is 0 Å². The average molecular weight is 391 g/mol. The molecule has 0 heterocycles. The maximum atomic E-state index is 4.58. The van der Waals surface area contributed by atoms with Gasteiger partial charge in [-0.1, -0.05) is 66.7 Å². The molecule has 2 rings (SSSR count). The van der Waals surface area contributed by atoms with E-state index in [-0.39, 0.29) is 4.17 Å². The Hall–Kier alpha value is -1.66. The lowest BCUT2D eigenvalue weighted by Gasteiger charge is -2.13. The van der Waals surface area contributed by atoms with E-state index in [1.807, 2.05) is 42.5 Å². The molecule has 4 heteroatoms. The highest BCUT2D eigenvalue weighted by Gasteiger charge is 2.07. The lowest BCUT2D eigenvalue weighted by Crippen LogP contribution is -2.34. The molecule has 2 aromatic rings. The lowest BCUT2D eigenvalue weighted by molar-refractivity contribution is 0.614. The molecule has 1 unspecified atom stereocenters. The summed E-state index contributed by atoms with van der Waals surface area (Å²) in [5.41, 5.74) is 6.23. The first kappa shape index (κ1) is 15.7. The zero-order valence-corrected chi connectivity index (χ0v) is 13.8. The minimum absolute atomic E-state index is 0.0445. The molecule has 0 aliphatic carbocycles. The summed E-state index contributed by atoms with van der Waals surface area (Å²) in [6.45, 7) is 4.43. The van der Waals surface area contributed by atoms with E-state index < -0.39 is 0 Å². The third kappa shape index (κ3) is 4.99. The molecular formula is C17H18IN3. The number of halogens is 1. The molecule has 2 aromatic carbocycles. The normalized spacial score (nSPS) is 11.5. The molecule has 0 aromatic heterocycles. The van der Waals surface area contributed by atoms with Crippen LogP contribution in [0, 0.1) is 0 Å². The van der Waals surface area contributed by atoms with Crippen molar-refractivity contribution in [1.82, 2.24) is 10.7 Å². The van der Waals surface area contributed by atoms with Crippen LogP contribution in [0.4, 0.5) is 0 Å². The highest BCUT2D eigenvalue weighted by molar-refractivity contribution is 14.1. The van der Waals surface area contributed by atoms with Gasteiger partial charge in [-0.2, -0.15) is 5.10 Å². The van der Waals surface area contributed by atoms with Crippen molar-refractivity contribution in [2.45, 2.75) is 4.17 Å². The Bertz CT molecular complexity index is 540. The van der Waals surface area contributed by atoms with Gasteiger partial charge in [-0.3, -0.25) is 10.7 Å². The molecule has 0 fully saturated rings. The van der Waals surface area contributed by atoms with Gasteiger partial charge in [-0.25, -0.2) is 0 Å². The van der Waals surface area contributed by atoms with E-state index in [1.54, 1.807) is 0 Å². The summed E-state index contributed by atoms with van der Waals surface area (Å²) in [7, 11) is 0. The minimum Gasteiger partial charge on any atom is -0.284 e. The zero-order valence-electron chi connectivity index (χ0n) is 11.7. The monoisotopic (exact) mass is 391 g/mol. The van der Waals surface area contributed by atoms with Gasteiger partial charge in [0.25, 0.3) is 0 Å². The molecule has 0 amide bonds. The molecule has 2 N–H and O–H groups in total. The summed E-state index contributed by atoms with van der Waals surface area (Å²) in [6, 6.07) is 20.3. The van der Waals surface area contributed by atoms with E-state index in [1.165, 1.54) is 0 Å². The smallest absolute Gasteiger partial charge is 0.146 e. The SMILES string of the molecule is C=CCNC(I)NN=C(c1ccccc1)c1ccccc1. The van der Waals surface area contributed by atoms with E-state index in [0.717, 1.165) is 23.4 Å². The first-order valence-electron chi connectivity index (χ1n) is 6.73. The van der Waals surface area contributed by atoms with Crippen LogP contribution in [0.3, 0.4) is 0 Å². The van der Waals surface area contributed by atoms with Crippen molar-refractivity contribution < 1.29 is 0 Å². The van der Waals surface area contributed by atoms with Crippen LogP contribution in [-0.4, -0.2) is 16.4 Å². The summed E-state index contributed by atoms with van der Waals surface area (Å²) >= 11 is 2.26. The minimum atomic E-state index is 0.0445. The summed E-state index contributed by atoms with van der Waals surface area (Å²) in [4.78, 5) is 0. The maximum absolute atomic E-state index is 4.58. The predicted octanol–water partition coefficient (Wildman–Crippen LogP) is 3.52. The van der Waals surface area contributed by atoms with Crippen LogP contribution in [0.1, 0.15) is 11.1 Å². The molecule has 0 spiro atoms. The Kier molecular flexibility index (Phi) is 6.43. The van der Waals surface area contributed by atoms with Gasteiger partial charge >= 0.3 is 0 Å². The van der Waals surface area contributed by atoms with Gasteiger partial charge in [0.15, 0.2) is 0 Å². The van der Waals surface area contributed by atoms with Gasteiger partial charge in [0.1, 0.15) is 4.17 Å². The van der Waals surface area contributed by atoms with Crippen molar-refractivity contribution in [3.05, 3.63) is 84.4 Å². The van der Waals surface area contributed by atoms with Gasteiger partial charge in [-0.05, 0) is 22.6 Å². The third-order valence-corrected chi connectivity index (χ3v) is 3.54. The van der Waals surface area contributed by atoms with Crippen LogP contribution >= 0.6 is 22.6 Å². The van der Waals surface area contributed by atoms with Crippen molar-refractivity contribution in [2.75, 3.05) is 6.54 Å². The molecule has 21 heavy (non-hydrogen) atoms. The Morgan fingerprint density at radius 2 is 1.57 bits per heavy atom. The molecule has 0 aliphatic heterocycles. The highest BCUT2D eigenvalue weighted by Crippen LogP contribution is 2.10. The highest BCUT2D eigenvalue weighted by atomic mass is 127. The largest absolute Gasteiger partial charge is 0.284 e. The summed E-state index contributed by atoms with van der Waals surface area (Å²) in [5.74, 6) is 0. The molecule has 0 saturated heterocycles. The number of nitrogens with zero attached hydrogens (tertiary/aromatic N) is 1. The first-order valence-corrected chi connectivity index (χ1v) is 7.98. The standard InChI is InChI=1S/C17H18IN3/c1-2-13-19-17(18)21-20-16(14-9-5-3-6-10-14)15-11-7-4-8-12-15/h2-12,17,19,21H,1,13H2. The fourth-order valence-electron chi connectivity index (χ4n) is 1.84. The Labute approximate surface area is 139 Å². The maximum Gasteiger partial charge on any atom is 0.146 e. The third-order valence-electron chi connectivity index (χ3n) is 2.83. The van der Waals surface area contributed by atoms with Gasteiger partial charge < -0.3 is 0 Å². The predicted molar refractivity (Wildman–Crippen MR) is 97.7 cm³/mol. The van der Waals surface area contributed by atoms with E-state index in [4.69, 9.17) is 0 Å². The van der Waals surface area contributed by atoms with Crippen LogP contribution in [0.25, 0.3) is 0 Å². The summed E-state index contributed by atoms with van der Waals surface area (Å²) in [5, 5.41) is 7.82. The van der Waals surface area contributed by atoms with Crippen LogP contribution in [-0.2, 0) is 0 Å². The van der Waals surface area contributed by atoms with Crippen LogP contribution in [0.5, 0.6) is 0 Å². The second-order valence-electron chi connectivity index (χ2n) is 4.38. The number of rotatable bonds is 7. The molecule has 0 saturated carbocycles. The second kappa shape index (κ2) is 8.59. The summed E-state index contributed by atoms with van der Waals surface area (Å²) < 4.78 is 0.0445. The number of nitrogens with one attached hydrogen (secondary N) is 2. The van der Waals surface area contributed by atoms with Crippen molar-refractivity contribution in [3.63, 3.8) is 0 Å². The average Bonchev–Trinajstić information content (AvgIpc) is 2.55. The fourth-order valence-corrected chi connectivity index (χ4v) is 2.24. The van der Waals surface area contributed by atoms with E-state index >= 15 is 0 Å². The van der Waals surface area contributed by atoms with Gasteiger partial charge in [0.05, 0.1) is 5.71 Å². The number of hydrogen-bond donors (Lipinski definition) is 2. The molecule has 0 bridgehead atoms. The Morgan fingerprint density at radius 1 is 1.05 bits per heavy atom. The van der Waals surface area contributed by atoms with Crippen LogP contribution in [0.2, 0.25) is 0 Å². The quantitative estimate of drug-likeness (QED) is 0.144. The number of hydrazone groups is 1. The van der Waals surface area contributed by atoms with Gasteiger partial charge in [0, 0.05) is 17.7 Å². The van der Waals surface area contributed by atoms with E-state index in [2.05, 4.69) is 69.3 Å². The molecule has 1 atom stereocenters. The molecule has 3 nitrogen and oxygen atoms in total. The Morgan fingerprint density at radius 3 is 2.05 bits per heavy atom. The fraction of sp³-hybridized carbons (Fsp3) is 0.118. The van der Waals surface area contributed by atoms with E-state index in [9.17, 15) is 0 Å². The number of benzene rings is 2. The van der Waals surface area contributed by atoms with Crippen molar-refractivity contribution in [3.8, 4) is 0 Å². The number of hydrogen-bond acceptors (Lipinski definition) is 3. The van der Waals surface area contributed by atoms with E-state index in [0.29, 0.717) is 0 Å². The molecular weight excluding hydrogens is 373 g/mol. The topological polar surface area (TPSA) is 36.4 Å². The number of alkyl halides is 1. The van der Waals surface area contributed by atoms with Crippen LogP contribution in [0.15, 0.2) is 78.4 Å².